The van der Waals surface area contributed by atoms with Crippen molar-refractivity contribution >= 4 is 17.4 Å². The number of phenols is 1. The average Bonchev–Trinajstić information content (AvgIpc) is 2.68. The van der Waals surface area contributed by atoms with Gasteiger partial charge in [-0.15, -0.1) is 0 Å². The van der Waals surface area contributed by atoms with E-state index in [1.807, 2.05) is 37.3 Å². The standard InChI is InChI=1S/C20H21ClN4O/c1-2-15(22)11-23-20-17(13-6-4-3-5-7-13)12-24-19(25-20)16-10-14(21)8-9-18(16)26/h3-10,12,15,26H,2,11,22H2,1H3,(H,23,24,25)/t15-/m1/s1. The zero-order chi connectivity index (χ0) is 18.5. The number of anilines is 1. The Morgan fingerprint density at radius 1 is 1.15 bits per heavy atom. The highest BCUT2D eigenvalue weighted by Gasteiger charge is 2.14. The number of benzene rings is 2. The molecule has 4 N–H and O–H groups in total. The number of hydrogen-bond acceptors (Lipinski definition) is 5. The largest absolute Gasteiger partial charge is 0.507 e. The van der Waals surface area contributed by atoms with Gasteiger partial charge in [0.25, 0.3) is 0 Å². The minimum absolute atomic E-state index is 0.0246. The summed E-state index contributed by atoms with van der Waals surface area (Å²) in [6, 6.07) is 14.7. The summed E-state index contributed by atoms with van der Waals surface area (Å²) < 4.78 is 0. The van der Waals surface area contributed by atoms with Crippen molar-refractivity contribution in [1.82, 2.24) is 9.97 Å². The highest BCUT2D eigenvalue weighted by Crippen LogP contribution is 2.32. The molecular formula is C20H21ClN4O. The lowest BCUT2D eigenvalue weighted by Gasteiger charge is -2.15. The third-order valence-corrected chi connectivity index (χ3v) is 4.36. The maximum absolute atomic E-state index is 10.1. The topological polar surface area (TPSA) is 84.1 Å². The number of aromatic hydroxyl groups is 1. The number of nitrogens with two attached hydrogens (primary N) is 1. The van der Waals surface area contributed by atoms with Crippen molar-refractivity contribution in [3.05, 3.63) is 59.8 Å². The van der Waals surface area contributed by atoms with Gasteiger partial charge >= 0.3 is 0 Å². The predicted octanol–water partition coefficient (Wildman–Crippen LogP) is 4.32. The van der Waals surface area contributed by atoms with E-state index >= 15 is 0 Å². The molecule has 6 heteroatoms. The molecule has 0 aliphatic heterocycles. The number of halogens is 1. The van der Waals surface area contributed by atoms with E-state index in [4.69, 9.17) is 17.3 Å². The SMILES string of the molecule is CC[C@@H](N)CNc1nc(-c2cc(Cl)ccc2O)ncc1-c1ccccc1. The molecule has 3 rings (SSSR count). The van der Waals surface area contributed by atoms with Crippen LogP contribution in [-0.4, -0.2) is 27.7 Å². The Morgan fingerprint density at radius 3 is 2.65 bits per heavy atom. The zero-order valence-electron chi connectivity index (χ0n) is 14.5. The Labute approximate surface area is 157 Å². The Balaban J connectivity index is 2.05. The minimum atomic E-state index is 0.0246. The predicted molar refractivity (Wildman–Crippen MR) is 106 cm³/mol. The second kappa shape index (κ2) is 8.17. The fourth-order valence-electron chi connectivity index (χ4n) is 2.53. The number of hydrogen-bond donors (Lipinski definition) is 3. The van der Waals surface area contributed by atoms with Crippen molar-refractivity contribution in [3.63, 3.8) is 0 Å². The lowest BCUT2D eigenvalue weighted by Crippen LogP contribution is -2.28. The lowest BCUT2D eigenvalue weighted by molar-refractivity contribution is 0.477. The Kier molecular flexibility index (Phi) is 5.71. The Hall–Kier alpha value is -2.63. The molecule has 0 aliphatic carbocycles. The van der Waals surface area contributed by atoms with Gasteiger partial charge in [0.15, 0.2) is 5.82 Å². The van der Waals surface area contributed by atoms with Crippen LogP contribution in [-0.2, 0) is 0 Å². The average molecular weight is 369 g/mol. The van der Waals surface area contributed by atoms with Crippen molar-refractivity contribution in [1.29, 1.82) is 0 Å². The van der Waals surface area contributed by atoms with Crippen molar-refractivity contribution < 1.29 is 5.11 Å². The van der Waals surface area contributed by atoms with Crippen molar-refractivity contribution in [2.24, 2.45) is 5.73 Å². The van der Waals surface area contributed by atoms with Crippen LogP contribution in [0.5, 0.6) is 5.75 Å². The molecule has 0 fully saturated rings. The molecular weight excluding hydrogens is 348 g/mol. The number of nitrogens with one attached hydrogen (secondary N) is 1. The van der Waals surface area contributed by atoms with E-state index in [0.29, 0.717) is 28.8 Å². The molecule has 1 aromatic heterocycles. The van der Waals surface area contributed by atoms with Crippen LogP contribution in [0, 0.1) is 0 Å². The molecule has 2 aromatic carbocycles. The second-order valence-corrected chi connectivity index (χ2v) is 6.47. The van der Waals surface area contributed by atoms with E-state index in [9.17, 15) is 5.11 Å². The lowest BCUT2D eigenvalue weighted by atomic mass is 10.1. The molecule has 0 saturated carbocycles. The van der Waals surface area contributed by atoms with E-state index < -0.39 is 0 Å². The van der Waals surface area contributed by atoms with E-state index in [1.165, 1.54) is 6.07 Å². The van der Waals surface area contributed by atoms with Gasteiger partial charge in [-0.25, -0.2) is 9.97 Å². The summed E-state index contributed by atoms with van der Waals surface area (Å²) in [5, 5.41) is 14.0. The van der Waals surface area contributed by atoms with Crippen LogP contribution in [0.2, 0.25) is 5.02 Å². The molecule has 0 unspecified atom stereocenters. The molecule has 26 heavy (non-hydrogen) atoms. The van der Waals surface area contributed by atoms with E-state index in [-0.39, 0.29) is 11.8 Å². The summed E-state index contributed by atoms with van der Waals surface area (Å²) >= 11 is 6.06. The molecule has 134 valence electrons. The third kappa shape index (κ3) is 4.12. The number of nitrogens with zero attached hydrogens (tertiary/aromatic N) is 2. The molecule has 0 bridgehead atoms. The molecule has 0 spiro atoms. The van der Waals surface area contributed by atoms with Crippen LogP contribution in [0.1, 0.15) is 13.3 Å². The summed E-state index contributed by atoms with van der Waals surface area (Å²) in [5.74, 6) is 1.15. The van der Waals surface area contributed by atoms with Crippen LogP contribution in [0.3, 0.4) is 0 Å². The fourth-order valence-corrected chi connectivity index (χ4v) is 2.71. The number of rotatable bonds is 6. The Bertz CT molecular complexity index is 886. The van der Waals surface area contributed by atoms with E-state index in [2.05, 4.69) is 15.3 Å². The smallest absolute Gasteiger partial charge is 0.165 e. The molecule has 0 saturated heterocycles. The van der Waals surface area contributed by atoms with Gasteiger partial charge in [-0.3, -0.25) is 0 Å². The first-order chi connectivity index (χ1) is 12.6. The van der Waals surface area contributed by atoms with Gasteiger partial charge in [-0.2, -0.15) is 0 Å². The van der Waals surface area contributed by atoms with Crippen molar-refractivity contribution in [2.45, 2.75) is 19.4 Å². The maximum Gasteiger partial charge on any atom is 0.165 e. The Morgan fingerprint density at radius 2 is 1.92 bits per heavy atom. The first kappa shape index (κ1) is 18.2. The zero-order valence-corrected chi connectivity index (χ0v) is 15.2. The summed E-state index contributed by atoms with van der Waals surface area (Å²) in [5.41, 5.74) is 8.40. The van der Waals surface area contributed by atoms with Gasteiger partial charge in [-0.1, -0.05) is 48.9 Å². The highest BCUT2D eigenvalue weighted by molar-refractivity contribution is 6.30. The quantitative estimate of drug-likeness (QED) is 0.603. The van der Waals surface area contributed by atoms with E-state index in [1.54, 1.807) is 18.3 Å². The first-order valence-corrected chi connectivity index (χ1v) is 8.87. The summed E-state index contributed by atoms with van der Waals surface area (Å²) in [6.07, 6.45) is 2.61. The molecule has 3 aromatic rings. The summed E-state index contributed by atoms with van der Waals surface area (Å²) in [7, 11) is 0. The van der Waals surface area contributed by atoms with Gasteiger partial charge in [-0.05, 0) is 30.2 Å². The molecule has 0 radical (unpaired) electrons. The van der Waals surface area contributed by atoms with Crippen LogP contribution in [0.25, 0.3) is 22.5 Å². The van der Waals surface area contributed by atoms with Crippen LogP contribution in [0.15, 0.2) is 54.7 Å². The van der Waals surface area contributed by atoms with Crippen LogP contribution < -0.4 is 11.1 Å². The second-order valence-electron chi connectivity index (χ2n) is 6.03. The van der Waals surface area contributed by atoms with Gasteiger partial charge in [0.05, 0.1) is 5.56 Å². The van der Waals surface area contributed by atoms with Crippen molar-refractivity contribution in [3.8, 4) is 28.3 Å². The molecule has 1 atom stereocenters. The minimum Gasteiger partial charge on any atom is -0.507 e. The fraction of sp³-hybridized carbons (Fsp3) is 0.200. The van der Waals surface area contributed by atoms with Crippen LogP contribution in [0.4, 0.5) is 5.82 Å². The maximum atomic E-state index is 10.1. The summed E-state index contributed by atoms with van der Waals surface area (Å²) in [6.45, 7) is 2.63. The van der Waals surface area contributed by atoms with Gasteiger partial charge in [0.1, 0.15) is 11.6 Å². The molecule has 0 aliphatic rings. The molecule has 0 amide bonds. The van der Waals surface area contributed by atoms with E-state index in [0.717, 1.165) is 17.5 Å². The van der Waals surface area contributed by atoms with Gasteiger partial charge < -0.3 is 16.2 Å². The molecule has 1 heterocycles. The number of aromatic nitrogens is 2. The van der Waals surface area contributed by atoms with Crippen LogP contribution >= 0.6 is 11.6 Å². The van der Waals surface area contributed by atoms with Gasteiger partial charge in [0, 0.05) is 29.4 Å². The highest BCUT2D eigenvalue weighted by atomic mass is 35.5. The summed E-state index contributed by atoms with van der Waals surface area (Å²) in [4.78, 5) is 9.07. The number of phenolic OH excluding ortho intramolecular Hbond substituents is 1. The first-order valence-electron chi connectivity index (χ1n) is 8.49. The van der Waals surface area contributed by atoms with Crippen molar-refractivity contribution in [2.75, 3.05) is 11.9 Å². The molecule has 5 nitrogen and oxygen atoms in total. The van der Waals surface area contributed by atoms with Gasteiger partial charge in [0.2, 0.25) is 0 Å². The third-order valence-electron chi connectivity index (χ3n) is 4.13. The monoisotopic (exact) mass is 368 g/mol. The normalized spacial score (nSPS) is 12.0.